The summed E-state index contributed by atoms with van der Waals surface area (Å²) in [6.07, 6.45) is 8.98. The number of aliphatic hydroxyl groups is 1. The van der Waals surface area contributed by atoms with Gasteiger partial charge in [-0.2, -0.15) is 5.10 Å². The van der Waals surface area contributed by atoms with E-state index in [1.54, 1.807) is 12.7 Å². The van der Waals surface area contributed by atoms with Crippen LogP contribution in [0.25, 0.3) is 0 Å². The van der Waals surface area contributed by atoms with Gasteiger partial charge in [-0.3, -0.25) is 4.68 Å². The topological polar surface area (TPSA) is 54.2 Å². The Balaban J connectivity index is 1.43. The lowest BCUT2D eigenvalue weighted by molar-refractivity contribution is -0.0640. The second-order valence-corrected chi connectivity index (χ2v) is 5.91. The summed E-state index contributed by atoms with van der Waals surface area (Å²) in [6.45, 7) is 4.09. The molecule has 1 saturated heterocycles. The third-order valence-electron chi connectivity index (χ3n) is 4.42. The van der Waals surface area contributed by atoms with Crippen LogP contribution in [0.2, 0.25) is 0 Å². The number of nitrogens with zero attached hydrogens (tertiary/aromatic N) is 4. The van der Waals surface area contributed by atoms with Crippen LogP contribution in [-0.2, 0) is 6.54 Å². The molecular formula is C13H22N4O. The number of rotatable bonds is 4. The summed E-state index contributed by atoms with van der Waals surface area (Å²) in [4.78, 5) is 6.41. The van der Waals surface area contributed by atoms with Crippen LogP contribution >= 0.6 is 0 Å². The van der Waals surface area contributed by atoms with Crippen LogP contribution in [0.3, 0.4) is 0 Å². The number of β-amino-alcohol motifs (C(OH)–C–C–N with tert-alkyl or cyclic N) is 1. The van der Waals surface area contributed by atoms with E-state index in [4.69, 9.17) is 0 Å². The molecule has 0 unspecified atom stereocenters. The van der Waals surface area contributed by atoms with E-state index in [2.05, 4.69) is 15.0 Å². The van der Waals surface area contributed by atoms with Gasteiger partial charge in [-0.25, -0.2) is 4.98 Å². The van der Waals surface area contributed by atoms with E-state index in [1.165, 1.54) is 19.3 Å². The van der Waals surface area contributed by atoms with Gasteiger partial charge in [-0.15, -0.1) is 0 Å². The molecular weight excluding hydrogens is 228 g/mol. The number of likely N-dealkylation sites (tertiary alicyclic amines) is 1. The summed E-state index contributed by atoms with van der Waals surface area (Å²) in [5.74, 6) is 0.707. The van der Waals surface area contributed by atoms with Crippen LogP contribution in [0.5, 0.6) is 0 Å². The monoisotopic (exact) mass is 250 g/mol. The molecule has 0 amide bonds. The minimum atomic E-state index is -0.362. The molecule has 1 N–H and O–H groups in total. The quantitative estimate of drug-likeness (QED) is 0.863. The molecule has 0 atom stereocenters. The summed E-state index contributed by atoms with van der Waals surface area (Å²) in [7, 11) is 0. The molecule has 5 heteroatoms. The third-order valence-corrected chi connectivity index (χ3v) is 4.42. The molecule has 0 aromatic carbocycles. The SMILES string of the molecule is OC1(CN2CCC(Cn3cncn3)CC2)CCC1. The fraction of sp³-hybridized carbons (Fsp3) is 0.846. The lowest BCUT2D eigenvalue weighted by Crippen LogP contribution is -2.50. The second-order valence-electron chi connectivity index (χ2n) is 5.91. The Morgan fingerprint density at radius 2 is 2.06 bits per heavy atom. The van der Waals surface area contributed by atoms with Crippen LogP contribution < -0.4 is 0 Å². The van der Waals surface area contributed by atoms with Crippen molar-refractivity contribution in [1.82, 2.24) is 19.7 Å². The van der Waals surface area contributed by atoms with Gasteiger partial charge in [0, 0.05) is 13.1 Å². The largest absolute Gasteiger partial charge is 0.389 e. The Hall–Kier alpha value is -0.940. The van der Waals surface area contributed by atoms with Gasteiger partial charge in [0.25, 0.3) is 0 Å². The third kappa shape index (κ3) is 2.72. The van der Waals surface area contributed by atoms with Crippen molar-refractivity contribution in [2.24, 2.45) is 5.92 Å². The molecule has 3 rings (SSSR count). The van der Waals surface area contributed by atoms with Crippen LogP contribution in [0.1, 0.15) is 32.1 Å². The number of piperidine rings is 1. The fourth-order valence-electron chi connectivity index (χ4n) is 3.08. The molecule has 2 heterocycles. The zero-order valence-corrected chi connectivity index (χ0v) is 10.8. The molecule has 1 aromatic rings. The molecule has 0 bridgehead atoms. The predicted octanol–water partition coefficient (Wildman–Crippen LogP) is 0.905. The lowest BCUT2D eigenvalue weighted by Gasteiger charge is -2.42. The summed E-state index contributed by atoms with van der Waals surface area (Å²) in [5.41, 5.74) is -0.362. The van der Waals surface area contributed by atoms with Gasteiger partial charge in [0.05, 0.1) is 5.60 Å². The zero-order chi connectivity index (χ0) is 12.4. The standard InChI is InChI=1S/C13H22N4O/c18-13(4-1-5-13)9-16-6-2-12(3-7-16)8-17-11-14-10-15-17/h10-12,18H,1-9H2. The van der Waals surface area contributed by atoms with E-state index in [0.717, 1.165) is 39.0 Å². The fourth-order valence-corrected chi connectivity index (χ4v) is 3.08. The molecule has 1 aromatic heterocycles. The lowest BCUT2D eigenvalue weighted by atomic mass is 9.79. The highest BCUT2D eigenvalue weighted by Gasteiger charge is 2.36. The number of hydrogen-bond acceptors (Lipinski definition) is 4. The van der Waals surface area contributed by atoms with Crippen molar-refractivity contribution in [2.45, 2.75) is 44.2 Å². The first-order valence-electron chi connectivity index (χ1n) is 7.01. The molecule has 18 heavy (non-hydrogen) atoms. The van der Waals surface area contributed by atoms with Gasteiger partial charge in [-0.05, 0) is 51.1 Å². The highest BCUT2D eigenvalue weighted by Crippen LogP contribution is 2.33. The van der Waals surface area contributed by atoms with Crippen molar-refractivity contribution in [3.05, 3.63) is 12.7 Å². The summed E-state index contributed by atoms with van der Waals surface area (Å²) < 4.78 is 1.93. The Kier molecular flexibility index (Phi) is 3.35. The normalized spacial score (nSPS) is 24.9. The molecule has 1 aliphatic carbocycles. The summed E-state index contributed by atoms with van der Waals surface area (Å²) in [6, 6.07) is 0. The van der Waals surface area contributed by atoms with Crippen molar-refractivity contribution in [2.75, 3.05) is 19.6 Å². The van der Waals surface area contributed by atoms with E-state index < -0.39 is 0 Å². The van der Waals surface area contributed by atoms with Crippen molar-refractivity contribution in [1.29, 1.82) is 0 Å². The van der Waals surface area contributed by atoms with E-state index in [-0.39, 0.29) is 5.60 Å². The average molecular weight is 250 g/mol. The molecule has 5 nitrogen and oxygen atoms in total. The second kappa shape index (κ2) is 4.97. The number of aromatic nitrogens is 3. The van der Waals surface area contributed by atoms with Gasteiger partial charge in [0.1, 0.15) is 12.7 Å². The molecule has 2 aliphatic rings. The van der Waals surface area contributed by atoms with Crippen molar-refractivity contribution < 1.29 is 5.11 Å². The average Bonchev–Trinajstić information content (AvgIpc) is 2.82. The summed E-state index contributed by atoms with van der Waals surface area (Å²) >= 11 is 0. The Morgan fingerprint density at radius 3 is 2.61 bits per heavy atom. The molecule has 2 fully saturated rings. The van der Waals surface area contributed by atoms with Crippen molar-refractivity contribution >= 4 is 0 Å². The van der Waals surface area contributed by atoms with E-state index in [0.29, 0.717) is 5.92 Å². The molecule has 1 saturated carbocycles. The molecule has 1 aliphatic heterocycles. The highest BCUT2D eigenvalue weighted by atomic mass is 16.3. The summed E-state index contributed by atoms with van der Waals surface area (Å²) in [5, 5.41) is 14.3. The maximum Gasteiger partial charge on any atom is 0.137 e. The van der Waals surface area contributed by atoms with E-state index >= 15 is 0 Å². The van der Waals surface area contributed by atoms with E-state index in [9.17, 15) is 5.11 Å². The van der Waals surface area contributed by atoms with Crippen LogP contribution in [-0.4, -0.2) is 50.0 Å². The van der Waals surface area contributed by atoms with E-state index in [1.807, 2.05) is 4.68 Å². The molecule has 100 valence electrons. The molecule has 0 spiro atoms. The van der Waals surface area contributed by atoms with Crippen LogP contribution in [0.15, 0.2) is 12.7 Å². The van der Waals surface area contributed by atoms with Gasteiger partial charge < -0.3 is 10.0 Å². The first-order chi connectivity index (χ1) is 8.73. The maximum atomic E-state index is 10.2. The van der Waals surface area contributed by atoms with Crippen LogP contribution in [0.4, 0.5) is 0 Å². The van der Waals surface area contributed by atoms with Gasteiger partial charge in [0.2, 0.25) is 0 Å². The molecule has 0 radical (unpaired) electrons. The first-order valence-corrected chi connectivity index (χ1v) is 7.01. The smallest absolute Gasteiger partial charge is 0.137 e. The van der Waals surface area contributed by atoms with Crippen molar-refractivity contribution in [3.63, 3.8) is 0 Å². The Labute approximate surface area is 108 Å². The van der Waals surface area contributed by atoms with Crippen molar-refractivity contribution in [3.8, 4) is 0 Å². The van der Waals surface area contributed by atoms with Gasteiger partial charge >= 0.3 is 0 Å². The van der Waals surface area contributed by atoms with Crippen LogP contribution in [0, 0.1) is 5.92 Å². The maximum absolute atomic E-state index is 10.2. The van der Waals surface area contributed by atoms with Gasteiger partial charge in [-0.1, -0.05) is 0 Å². The highest BCUT2D eigenvalue weighted by molar-refractivity contribution is 4.91. The Morgan fingerprint density at radius 1 is 1.28 bits per heavy atom. The first kappa shape index (κ1) is 12.1. The minimum absolute atomic E-state index is 0.362. The minimum Gasteiger partial charge on any atom is -0.389 e. The Bertz CT molecular complexity index is 366. The number of hydrogen-bond donors (Lipinski definition) is 1. The zero-order valence-electron chi connectivity index (χ0n) is 10.8. The van der Waals surface area contributed by atoms with Gasteiger partial charge in [0.15, 0.2) is 0 Å². The predicted molar refractivity (Wildman–Crippen MR) is 68.0 cm³/mol.